The third kappa shape index (κ3) is 1.91. The van der Waals surface area contributed by atoms with Gasteiger partial charge in [-0.2, -0.15) is 0 Å². The third-order valence-corrected chi connectivity index (χ3v) is 2.64. The van der Waals surface area contributed by atoms with Gasteiger partial charge in [0.15, 0.2) is 0 Å². The Balaban J connectivity index is 2.44. The zero-order valence-electron chi connectivity index (χ0n) is 9.40. The topological polar surface area (TPSA) is 55.1 Å². The van der Waals surface area contributed by atoms with Gasteiger partial charge in [0.1, 0.15) is 5.65 Å². The number of carbonyl (C=O) groups is 1. The highest BCUT2D eigenvalue weighted by molar-refractivity contribution is 5.81. The molecule has 2 rings (SSSR count). The van der Waals surface area contributed by atoms with Gasteiger partial charge in [-0.3, -0.25) is 4.79 Å². The summed E-state index contributed by atoms with van der Waals surface area (Å²) in [5, 5.41) is 9.74. The molecular weight excluding hydrogens is 204 g/mol. The predicted octanol–water partition coefficient (Wildman–Crippen LogP) is 1.90. The number of rotatable bonds is 3. The van der Waals surface area contributed by atoms with Crippen LogP contribution in [0.15, 0.2) is 18.5 Å². The highest BCUT2D eigenvalue weighted by Crippen LogP contribution is 2.20. The number of aromatic nitrogens is 2. The van der Waals surface area contributed by atoms with Gasteiger partial charge in [-0.1, -0.05) is 0 Å². The fraction of sp³-hybridized carbons (Fsp3) is 0.333. The summed E-state index contributed by atoms with van der Waals surface area (Å²) in [5.41, 5.74) is 3.05. The van der Waals surface area contributed by atoms with Crippen molar-refractivity contribution in [3.8, 4) is 0 Å². The molecule has 0 aromatic carbocycles. The van der Waals surface area contributed by atoms with E-state index in [1.165, 1.54) is 0 Å². The second kappa shape index (κ2) is 3.96. The lowest BCUT2D eigenvalue weighted by atomic mass is 10.1. The van der Waals surface area contributed by atoms with Gasteiger partial charge in [0.05, 0.1) is 0 Å². The Morgan fingerprint density at radius 1 is 1.56 bits per heavy atom. The second-order valence-corrected chi connectivity index (χ2v) is 4.04. The lowest BCUT2D eigenvalue weighted by Gasteiger charge is -1.97. The number of pyridine rings is 1. The summed E-state index contributed by atoms with van der Waals surface area (Å²) in [5.74, 6) is -0.766. The largest absolute Gasteiger partial charge is 0.481 e. The minimum absolute atomic E-state index is 0.160. The van der Waals surface area contributed by atoms with Crippen LogP contribution in [-0.4, -0.2) is 20.6 Å². The number of nitrogens with zero attached hydrogens (tertiary/aromatic N) is 2. The molecule has 0 bridgehead atoms. The molecule has 0 aliphatic carbocycles. The molecule has 0 saturated heterocycles. The lowest BCUT2D eigenvalue weighted by Crippen LogP contribution is -1.96. The molecule has 0 unspecified atom stereocenters. The molecule has 0 fully saturated rings. The average Bonchev–Trinajstić information content (AvgIpc) is 2.52. The average molecular weight is 218 g/mol. The Labute approximate surface area is 93.5 Å². The second-order valence-electron chi connectivity index (χ2n) is 4.04. The van der Waals surface area contributed by atoms with Crippen LogP contribution in [0.2, 0.25) is 0 Å². The van der Waals surface area contributed by atoms with Gasteiger partial charge in [-0.15, -0.1) is 0 Å². The van der Waals surface area contributed by atoms with E-state index in [4.69, 9.17) is 5.11 Å². The van der Waals surface area contributed by atoms with E-state index in [1.807, 2.05) is 30.9 Å². The standard InChI is InChI=1S/C12H14N2O2/c1-8-5-10-9(3-4-11(15)16)7-14(2)12(10)13-6-8/h5-7H,3-4H2,1-2H3,(H,15,16). The van der Waals surface area contributed by atoms with Crippen LogP contribution in [0.1, 0.15) is 17.5 Å². The molecule has 0 radical (unpaired) electrons. The van der Waals surface area contributed by atoms with E-state index < -0.39 is 5.97 Å². The maximum absolute atomic E-state index is 10.6. The molecule has 2 heterocycles. The van der Waals surface area contributed by atoms with Crippen LogP contribution in [0.25, 0.3) is 11.0 Å². The van der Waals surface area contributed by atoms with E-state index in [-0.39, 0.29) is 6.42 Å². The number of carboxylic acid groups (broad SMARTS) is 1. The minimum Gasteiger partial charge on any atom is -0.481 e. The van der Waals surface area contributed by atoms with Crippen LogP contribution in [-0.2, 0) is 18.3 Å². The zero-order valence-corrected chi connectivity index (χ0v) is 9.40. The summed E-state index contributed by atoms with van der Waals surface area (Å²) in [6.45, 7) is 1.99. The Morgan fingerprint density at radius 3 is 3.00 bits per heavy atom. The van der Waals surface area contributed by atoms with E-state index in [0.717, 1.165) is 22.2 Å². The van der Waals surface area contributed by atoms with Crippen molar-refractivity contribution in [2.24, 2.45) is 7.05 Å². The first-order chi connectivity index (χ1) is 7.58. The number of hydrogen-bond acceptors (Lipinski definition) is 2. The third-order valence-electron chi connectivity index (χ3n) is 2.64. The fourth-order valence-corrected chi connectivity index (χ4v) is 1.88. The molecule has 84 valence electrons. The van der Waals surface area contributed by atoms with Crippen molar-refractivity contribution in [1.29, 1.82) is 0 Å². The van der Waals surface area contributed by atoms with Gasteiger partial charge in [-0.05, 0) is 30.5 Å². The highest BCUT2D eigenvalue weighted by Gasteiger charge is 2.09. The summed E-state index contributed by atoms with van der Waals surface area (Å²) < 4.78 is 1.94. The Morgan fingerprint density at radius 2 is 2.31 bits per heavy atom. The summed E-state index contributed by atoms with van der Waals surface area (Å²) in [6.07, 6.45) is 4.49. The van der Waals surface area contributed by atoms with E-state index in [9.17, 15) is 4.79 Å². The van der Waals surface area contributed by atoms with Gasteiger partial charge < -0.3 is 9.67 Å². The predicted molar refractivity (Wildman–Crippen MR) is 61.4 cm³/mol. The SMILES string of the molecule is Cc1cnc2c(c1)c(CCC(=O)O)cn2C. The molecule has 0 atom stereocenters. The Bertz CT molecular complexity index is 543. The van der Waals surface area contributed by atoms with E-state index in [0.29, 0.717) is 6.42 Å². The first kappa shape index (κ1) is 10.7. The van der Waals surface area contributed by atoms with E-state index >= 15 is 0 Å². The molecule has 0 saturated carbocycles. The molecule has 0 amide bonds. The Kier molecular flexibility index (Phi) is 2.64. The molecule has 0 aliphatic heterocycles. The summed E-state index contributed by atoms with van der Waals surface area (Å²) in [6, 6.07) is 2.06. The smallest absolute Gasteiger partial charge is 0.303 e. The van der Waals surface area contributed by atoms with Gasteiger partial charge in [0.25, 0.3) is 0 Å². The minimum atomic E-state index is -0.766. The van der Waals surface area contributed by atoms with Crippen molar-refractivity contribution in [2.45, 2.75) is 19.8 Å². The maximum atomic E-state index is 10.6. The molecule has 16 heavy (non-hydrogen) atoms. The van der Waals surface area contributed by atoms with Crippen molar-refractivity contribution in [3.05, 3.63) is 29.6 Å². The van der Waals surface area contributed by atoms with Crippen molar-refractivity contribution >= 4 is 17.0 Å². The summed E-state index contributed by atoms with van der Waals surface area (Å²) >= 11 is 0. The maximum Gasteiger partial charge on any atom is 0.303 e. The fourth-order valence-electron chi connectivity index (χ4n) is 1.88. The number of aliphatic carboxylic acids is 1. The van der Waals surface area contributed by atoms with Crippen LogP contribution in [0.5, 0.6) is 0 Å². The summed E-state index contributed by atoms with van der Waals surface area (Å²) in [4.78, 5) is 14.9. The monoisotopic (exact) mass is 218 g/mol. The summed E-state index contributed by atoms with van der Waals surface area (Å²) in [7, 11) is 1.93. The quantitative estimate of drug-likeness (QED) is 0.856. The first-order valence-electron chi connectivity index (χ1n) is 5.20. The molecule has 4 heteroatoms. The lowest BCUT2D eigenvalue weighted by molar-refractivity contribution is -0.136. The molecule has 0 aliphatic rings. The van der Waals surface area contributed by atoms with Gasteiger partial charge >= 0.3 is 5.97 Å². The number of fused-ring (bicyclic) bond motifs is 1. The Hall–Kier alpha value is -1.84. The first-order valence-corrected chi connectivity index (χ1v) is 5.20. The van der Waals surface area contributed by atoms with Crippen molar-refractivity contribution in [1.82, 2.24) is 9.55 Å². The van der Waals surface area contributed by atoms with Gasteiger partial charge in [0.2, 0.25) is 0 Å². The van der Waals surface area contributed by atoms with Crippen molar-refractivity contribution < 1.29 is 9.90 Å². The van der Waals surface area contributed by atoms with Crippen LogP contribution < -0.4 is 0 Å². The van der Waals surface area contributed by atoms with Crippen molar-refractivity contribution in [2.75, 3.05) is 0 Å². The van der Waals surface area contributed by atoms with Gasteiger partial charge in [0, 0.05) is 31.2 Å². The van der Waals surface area contributed by atoms with Crippen molar-refractivity contribution in [3.63, 3.8) is 0 Å². The number of aryl methyl sites for hydroxylation is 3. The van der Waals surface area contributed by atoms with E-state index in [2.05, 4.69) is 11.1 Å². The van der Waals surface area contributed by atoms with E-state index in [1.54, 1.807) is 0 Å². The molecule has 1 N–H and O–H groups in total. The highest BCUT2D eigenvalue weighted by atomic mass is 16.4. The molecule has 4 nitrogen and oxygen atoms in total. The molecular formula is C12H14N2O2. The number of hydrogen-bond donors (Lipinski definition) is 1. The van der Waals surface area contributed by atoms with Crippen LogP contribution in [0.3, 0.4) is 0 Å². The van der Waals surface area contributed by atoms with Crippen LogP contribution in [0.4, 0.5) is 0 Å². The number of carboxylic acids is 1. The van der Waals surface area contributed by atoms with Crippen LogP contribution in [0, 0.1) is 6.92 Å². The van der Waals surface area contributed by atoms with Crippen LogP contribution >= 0.6 is 0 Å². The normalized spacial score (nSPS) is 10.9. The van der Waals surface area contributed by atoms with Gasteiger partial charge in [-0.25, -0.2) is 4.98 Å². The zero-order chi connectivity index (χ0) is 11.7. The molecule has 0 spiro atoms. The molecule has 2 aromatic rings. The molecule has 2 aromatic heterocycles.